The first-order valence-corrected chi connectivity index (χ1v) is 7.29. The largest absolute Gasteiger partial charge is 0.376 e. The second-order valence-corrected chi connectivity index (χ2v) is 6.11. The van der Waals surface area contributed by atoms with E-state index in [9.17, 15) is 8.42 Å². The van der Waals surface area contributed by atoms with Crippen molar-refractivity contribution in [3.8, 4) is 0 Å². The Kier molecular flexibility index (Phi) is 5.39. The Balaban J connectivity index is 2.36. The van der Waals surface area contributed by atoms with Gasteiger partial charge in [-0.15, -0.1) is 0 Å². The van der Waals surface area contributed by atoms with E-state index in [-0.39, 0.29) is 11.7 Å². The molecule has 0 radical (unpaired) electrons. The summed E-state index contributed by atoms with van der Waals surface area (Å²) in [5.41, 5.74) is 0.886. The van der Waals surface area contributed by atoms with Gasteiger partial charge in [-0.3, -0.25) is 0 Å². The Morgan fingerprint density at radius 1 is 1.41 bits per heavy atom. The number of hydrogen-bond donors (Lipinski definition) is 1. The van der Waals surface area contributed by atoms with Crippen LogP contribution in [-0.2, 0) is 21.4 Å². The highest BCUT2D eigenvalue weighted by atomic mass is 35.5. The van der Waals surface area contributed by atoms with Gasteiger partial charge in [0, 0.05) is 5.02 Å². The van der Waals surface area contributed by atoms with Crippen LogP contribution in [0.1, 0.15) is 12.5 Å². The molecule has 2 N–H and O–H groups in total. The number of rotatable bonds is 6. The first-order valence-electron chi connectivity index (χ1n) is 5.20. The molecule has 0 aromatic heterocycles. The minimum absolute atomic E-state index is 0.0739. The zero-order valence-corrected chi connectivity index (χ0v) is 11.2. The summed E-state index contributed by atoms with van der Waals surface area (Å²) in [5, 5.41) is 5.58. The van der Waals surface area contributed by atoms with Gasteiger partial charge >= 0.3 is 0 Å². The van der Waals surface area contributed by atoms with Crippen LogP contribution in [0.4, 0.5) is 0 Å². The molecule has 0 saturated carbocycles. The van der Waals surface area contributed by atoms with E-state index in [2.05, 4.69) is 0 Å². The van der Waals surface area contributed by atoms with Crippen molar-refractivity contribution in [3.05, 3.63) is 34.9 Å². The van der Waals surface area contributed by atoms with E-state index in [1.807, 2.05) is 18.2 Å². The van der Waals surface area contributed by atoms with E-state index in [1.54, 1.807) is 13.0 Å². The van der Waals surface area contributed by atoms with Crippen LogP contribution in [0, 0.1) is 5.92 Å². The lowest BCUT2D eigenvalue weighted by molar-refractivity contribution is 0.0978. The fourth-order valence-electron chi connectivity index (χ4n) is 1.43. The van der Waals surface area contributed by atoms with E-state index in [0.717, 1.165) is 5.56 Å². The number of benzene rings is 1. The Morgan fingerprint density at radius 3 is 2.65 bits per heavy atom. The maximum Gasteiger partial charge on any atom is 0.209 e. The van der Waals surface area contributed by atoms with Crippen molar-refractivity contribution < 1.29 is 13.2 Å². The highest BCUT2D eigenvalue weighted by Crippen LogP contribution is 2.16. The highest BCUT2D eigenvalue weighted by Gasteiger charge is 2.11. The first-order chi connectivity index (χ1) is 7.88. The summed E-state index contributed by atoms with van der Waals surface area (Å²) >= 11 is 5.95. The van der Waals surface area contributed by atoms with Gasteiger partial charge in [0.15, 0.2) is 0 Å². The fourth-order valence-corrected chi connectivity index (χ4v) is 2.51. The summed E-state index contributed by atoms with van der Waals surface area (Å²) in [7, 11) is -3.43. The lowest BCUT2D eigenvalue weighted by Gasteiger charge is -2.11. The molecule has 0 aliphatic carbocycles. The van der Waals surface area contributed by atoms with Gasteiger partial charge in [-0.25, -0.2) is 13.6 Å². The highest BCUT2D eigenvalue weighted by molar-refractivity contribution is 7.89. The molecule has 0 aliphatic rings. The van der Waals surface area contributed by atoms with Crippen LogP contribution < -0.4 is 5.14 Å². The van der Waals surface area contributed by atoms with Crippen molar-refractivity contribution in [2.45, 2.75) is 13.5 Å². The Labute approximate surface area is 107 Å². The molecule has 1 rings (SSSR count). The van der Waals surface area contributed by atoms with Gasteiger partial charge < -0.3 is 4.74 Å². The summed E-state index contributed by atoms with van der Waals surface area (Å²) in [6.07, 6.45) is 0. The minimum atomic E-state index is -3.43. The SMILES string of the molecule is CC(COCc1ccccc1Cl)CS(N)(=O)=O. The molecule has 0 amide bonds. The van der Waals surface area contributed by atoms with E-state index >= 15 is 0 Å². The monoisotopic (exact) mass is 277 g/mol. The Hall–Kier alpha value is -0.620. The van der Waals surface area contributed by atoms with Crippen LogP contribution in [0.25, 0.3) is 0 Å². The van der Waals surface area contributed by atoms with E-state index in [4.69, 9.17) is 21.5 Å². The van der Waals surface area contributed by atoms with Gasteiger partial charge in [0.2, 0.25) is 10.0 Å². The lowest BCUT2D eigenvalue weighted by Crippen LogP contribution is -2.24. The molecule has 0 heterocycles. The van der Waals surface area contributed by atoms with E-state index < -0.39 is 10.0 Å². The standard InChI is InChI=1S/C11H16ClNO3S/c1-9(8-17(13,14)15)6-16-7-10-4-2-3-5-11(10)12/h2-5,9H,6-8H2,1H3,(H2,13,14,15). The van der Waals surface area contributed by atoms with Crippen LogP contribution in [0.2, 0.25) is 5.02 Å². The Morgan fingerprint density at radius 2 is 2.06 bits per heavy atom. The zero-order valence-electron chi connectivity index (χ0n) is 9.60. The molecule has 0 fully saturated rings. The van der Waals surface area contributed by atoms with E-state index in [1.165, 1.54) is 0 Å². The maximum atomic E-state index is 10.8. The lowest BCUT2D eigenvalue weighted by atomic mass is 10.2. The molecule has 1 unspecified atom stereocenters. The molecular formula is C11H16ClNO3S. The molecule has 0 bridgehead atoms. The number of primary sulfonamides is 1. The average Bonchev–Trinajstić information content (AvgIpc) is 2.18. The first kappa shape index (κ1) is 14.4. The molecule has 1 aromatic rings. The van der Waals surface area contributed by atoms with Crippen molar-refractivity contribution in [1.82, 2.24) is 0 Å². The van der Waals surface area contributed by atoms with Crippen LogP contribution in [-0.4, -0.2) is 20.8 Å². The van der Waals surface area contributed by atoms with Gasteiger partial charge in [0.05, 0.1) is 19.0 Å². The van der Waals surface area contributed by atoms with E-state index in [0.29, 0.717) is 18.2 Å². The third-order valence-electron chi connectivity index (χ3n) is 2.13. The summed E-state index contributed by atoms with van der Waals surface area (Å²) in [5.74, 6) is -0.206. The second kappa shape index (κ2) is 6.35. The summed E-state index contributed by atoms with van der Waals surface area (Å²) < 4.78 is 27.1. The maximum absolute atomic E-state index is 10.8. The second-order valence-electron chi connectivity index (χ2n) is 4.04. The summed E-state index contributed by atoms with van der Waals surface area (Å²) in [6.45, 7) is 2.48. The molecular weight excluding hydrogens is 262 g/mol. The molecule has 17 heavy (non-hydrogen) atoms. The van der Waals surface area contributed by atoms with Crippen molar-refractivity contribution in [2.75, 3.05) is 12.4 Å². The fraction of sp³-hybridized carbons (Fsp3) is 0.455. The number of sulfonamides is 1. The molecule has 0 aliphatic heterocycles. The zero-order chi connectivity index (χ0) is 12.9. The van der Waals surface area contributed by atoms with Gasteiger partial charge in [-0.05, 0) is 17.5 Å². The quantitative estimate of drug-likeness (QED) is 0.862. The Bertz CT molecular complexity index is 462. The van der Waals surface area contributed by atoms with Gasteiger partial charge in [0.1, 0.15) is 0 Å². The van der Waals surface area contributed by atoms with Crippen molar-refractivity contribution in [2.24, 2.45) is 11.1 Å². The average molecular weight is 278 g/mol. The number of ether oxygens (including phenoxy) is 1. The number of nitrogens with two attached hydrogens (primary N) is 1. The predicted octanol–water partition coefficient (Wildman–Crippen LogP) is 1.78. The third kappa shape index (κ3) is 6.02. The van der Waals surface area contributed by atoms with Crippen LogP contribution >= 0.6 is 11.6 Å². The molecule has 0 spiro atoms. The topological polar surface area (TPSA) is 69.4 Å². The van der Waals surface area contributed by atoms with Crippen LogP contribution in [0.5, 0.6) is 0 Å². The molecule has 0 saturated heterocycles. The molecule has 96 valence electrons. The van der Waals surface area contributed by atoms with Crippen molar-refractivity contribution >= 4 is 21.6 Å². The molecule has 4 nitrogen and oxygen atoms in total. The van der Waals surface area contributed by atoms with Crippen LogP contribution in [0.15, 0.2) is 24.3 Å². The molecule has 1 aromatic carbocycles. The van der Waals surface area contributed by atoms with Gasteiger partial charge in [-0.2, -0.15) is 0 Å². The smallest absolute Gasteiger partial charge is 0.209 e. The number of hydrogen-bond acceptors (Lipinski definition) is 3. The van der Waals surface area contributed by atoms with Crippen LogP contribution in [0.3, 0.4) is 0 Å². The molecule has 1 atom stereocenters. The summed E-state index contributed by atoms with van der Waals surface area (Å²) in [4.78, 5) is 0. The van der Waals surface area contributed by atoms with Crippen molar-refractivity contribution in [1.29, 1.82) is 0 Å². The normalized spacial score (nSPS) is 13.6. The number of halogens is 1. The van der Waals surface area contributed by atoms with Crippen molar-refractivity contribution in [3.63, 3.8) is 0 Å². The van der Waals surface area contributed by atoms with Gasteiger partial charge in [0.25, 0.3) is 0 Å². The van der Waals surface area contributed by atoms with Gasteiger partial charge in [-0.1, -0.05) is 36.7 Å². The predicted molar refractivity (Wildman–Crippen MR) is 68.2 cm³/mol. The summed E-state index contributed by atoms with van der Waals surface area (Å²) in [6, 6.07) is 7.37. The molecule has 6 heteroatoms. The minimum Gasteiger partial charge on any atom is -0.376 e. The third-order valence-corrected chi connectivity index (χ3v) is 3.54.